The van der Waals surface area contributed by atoms with E-state index in [1.807, 2.05) is 6.92 Å². The summed E-state index contributed by atoms with van der Waals surface area (Å²) in [6, 6.07) is 15.4. The molecular weight excluding hydrogens is 278 g/mol. The Bertz CT molecular complexity index is 857. The summed E-state index contributed by atoms with van der Waals surface area (Å²) >= 11 is 0. The fraction of sp³-hybridized carbons (Fsp3) is 0.0588. The molecule has 3 rings (SSSR count). The summed E-state index contributed by atoms with van der Waals surface area (Å²) < 4.78 is 1.67. The van der Waals surface area contributed by atoms with Gasteiger partial charge in [-0.15, -0.1) is 0 Å². The maximum absolute atomic E-state index is 9.43. The Kier molecular flexibility index (Phi) is 3.28. The molecule has 0 bridgehead atoms. The van der Waals surface area contributed by atoms with Gasteiger partial charge in [-0.1, -0.05) is 0 Å². The van der Waals surface area contributed by atoms with Crippen molar-refractivity contribution < 1.29 is 10.2 Å². The van der Waals surface area contributed by atoms with Crippen molar-refractivity contribution in [3.63, 3.8) is 0 Å². The summed E-state index contributed by atoms with van der Waals surface area (Å²) in [6.07, 6.45) is 0. The number of hydrogen-bond acceptors (Lipinski definition) is 4. The van der Waals surface area contributed by atoms with E-state index >= 15 is 0 Å². The van der Waals surface area contributed by atoms with Gasteiger partial charge in [0.2, 0.25) is 0 Å². The van der Waals surface area contributed by atoms with Gasteiger partial charge in [0.05, 0.1) is 11.4 Å². The molecule has 5 nitrogen and oxygen atoms in total. The molecule has 0 amide bonds. The third-order valence-electron chi connectivity index (χ3n) is 3.46. The van der Waals surface area contributed by atoms with Crippen LogP contribution in [0.25, 0.3) is 16.9 Å². The van der Waals surface area contributed by atoms with Crippen LogP contribution in [0, 0.1) is 18.3 Å². The lowest BCUT2D eigenvalue weighted by Crippen LogP contribution is -1.98. The Morgan fingerprint density at radius 2 is 1.50 bits per heavy atom. The normalized spacial score (nSPS) is 10.4. The highest BCUT2D eigenvalue weighted by Gasteiger charge is 2.17. The molecule has 0 unspecified atom stereocenters. The van der Waals surface area contributed by atoms with Crippen LogP contribution >= 0.6 is 0 Å². The minimum absolute atomic E-state index is 0.164. The Hall–Kier alpha value is -3.26. The molecule has 5 heteroatoms. The van der Waals surface area contributed by atoms with E-state index in [0.29, 0.717) is 11.3 Å². The van der Waals surface area contributed by atoms with Crippen molar-refractivity contribution in [2.75, 3.05) is 0 Å². The van der Waals surface area contributed by atoms with Gasteiger partial charge in [-0.25, -0.2) is 4.68 Å². The number of phenols is 2. The van der Waals surface area contributed by atoms with Gasteiger partial charge in [0.25, 0.3) is 0 Å². The molecule has 0 aliphatic carbocycles. The van der Waals surface area contributed by atoms with E-state index < -0.39 is 0 Å². The van der Waals surface area contributed by atoms with Gasteiger partial charge in [-0.2, -0.15) is 10.4 Å². The number of nitriles is 1. The van der Waals surface area contributed by atoms with Crippen molar-refractivity contribution in [3.05, 3.63) is 59.8 Å². The maximum Gasteiger partial charge on any atom is 0.115 e. The lowest BCUT2D eigenvalue weighted by molar-refractivity contribution is 0.474. The summed E-state index contributed by atoms with van der Waals surface area (Å²) in [5.74, 6) is 0.338. The zero-order valence-electron chi connectivity index (χ0n) is 11.9. The van der Waals surface area contributed by atoms with Crippen LogP contribution in [0.1, 0.15) is 11.3 Å². The lowest BCUT2D eigenvalue weighted by Gasteiger charge is -2.03. The Morgan fingerprint density at radius 3 is 2.05 bits per heavy atom. The van der Waals surface area contributed by atoms with Crippen LogP contribution in [0.4, 0.5) is 0 Å². The first-order valence-corrected chi connectivity index (χ1v) is 6.68. The van der Waals surface area contributed by atoms with Crippen molar-refractivity contribution in [1.29, 1.82) is 5.26 Å². The van der Waals surface area contributed by atoms with E-state index in [0.717, 1.165) is 16.9 Å². The smallest absolute Gasteiger partial charge is 0.115 e. The van der Waals surface area contributed by atoms with Crippen LogP contribution in [0.15, 0.2) is 48.5 Å². The summed E-state index contributed by atoms with van der Waals surface area (Å²) in [6.45, 7) is 1.82. The summed E-state index contributed by atoms with van der Waals surface area (Å²) in [5, 5.41) is 32.7. The monoisotopic (exact) mass is 291 g/mol. The molecule has 0 aliphatic rings. The largest absolute Gasteiger partial charge is 0.508 e. The van der Waals surface area contributed by atoms with Gasteiger partial charge >= 0.3 is 0 Å². The summed E-state index contributed by atoms with van der Waals surface area (Å²) in [4.78, 5) is 0. The fourth-order valence-corrected chi connectivity index (χ4v) is 2.30. The quantitative estimate of drug-likeness (QED) is 0.760. The Morgan fingerprint density at radius 1 is 0.955 bits per heavy atom. The predicted octanol–water partition coefficient (Wildman–Crippen LogP) is 3.13. The number of aromatic hydroxyl groups is 2. The van der Waals surface area contributed by atoms with Crippen LogP contribution in [0.3, 0.4) is 0 Å². The van der Waals surface area contributed by atoms with Gasteiger partial charge in [0.1, 0.15) is 28.8 Å². The number of hydrogen-bond donors (Lipinski definition) is 2. The molecule has 2 aromatic carbocycles. The molecule has 0 saturated carbocycles. The molecule has 1 heterocycles. The van der Waals surface area contributed by atoms with Crippen LogP contribution in [0.5, 0.6) is 11.5 Å². The van der Waals surface area contributed by atoms with Crippen molar-refractivity contribution in [2.24, 2.45) is 0 Å². The highest BCUT2D eigenvalue weighted by atomic mass is 16.3. The Labute approximate surface area is 127 Å². The van der Waals surface area contributed by atoms with Crippen molar-refractivity contribution in [3.8, 4) is 34.5 Å². The number of phenolic OH excluding ortho intramolecular Hbond substituents is 2. The molecule has 0 atom stereocenters. The third-order valence-corrected chi connectivity index (χ3v) is 3.46. The molecule has 3 aromatic rings. The molecule has 22 heavy (non-hydrogen) atoms. The first kappa shape index (κ1) is 13.7. The topological polar surface area (TPSA) is 82.1 Å². The average Bonchev–Trinajstić information content (AvgIpc) is 2.85. The molecule has 0 spiro atoms. The van der Waals surface area contributed by atoms with Gasteiger partial charge < -0.3 is 10.2 Å². The maximum atomic E-state index is 9.43. The molecule has 0 saturated heterocycles. The van der Waals surface area contributed by atoms with Gasteiger partial charge in [0.15, 0.2) is 0 Å². The fourth-order valence-electron chi connectivity index (χ4n) is 2.30. The van der Waals surface area contributed by atoms with Crippen molar-refractivity contribution in [2.45, 2.75) is 6.92 Å². The third kappa shape index (κ3) is 2.27. The molecule has 108 valence electrons. The average molecular weight is 291 g/mol. The van der Waals surface area contributed by atoms with Crippen molar-refractivity contribution >= 4 is 0 Å². The SMILES string of the molecule is Cc1c(C#N)c(-c2ccc(O)cc2)nn1-c1ccc(O)cc1. The first-order valence-electron chi connectivity index (χ1n) is 6.68. The minimum Gasteiger partial charge on any atom is -0.508 e. The lowest BCUT2D eigenvalue weighted by atomic mass is 10.1. The number of benzene rings is 2. The second-order valence-electron chi connectivity index (χ2n) is 4.90. The highest BCUT2D eigenvalue weighted by molar-refractivity contribution is 5.69. The van der Waals surface area contributed by atoms with E-state index in [2.05, 4.69) is 11.2 Å². The molecule has 0 aliphatic heterocycles. The zero-order chi connectivity index (χ0) is 15.7. The van der Waals surface area contributed by atoms with Crippen LogP contribution < -0.4 is 0 Å². The van der Waals surface area contributed by atoms with Crippen molar-refractivity contribution in [1.82, 2.24) is 9.78 Å². The first-order chi connectivity index (χ1) is 10.6. The van der Waals surface area contributed by atoms with E-state index in [4.69, 9.17) is 0 Å². The van der Waals surface area contributed by atoms with Gasteiger partial charge in [-0.3, -0.25) is 0 Å². The number of nitrogens with zero attached hydrogens (tertiary/aromatic N) is 3. The summed E-state index contributed by atoms with van der Waals surface area (Å²) in [7, 11) is 0. The molecule has 2 N–H and O–H groups in total. The molecule has 0 radical (unpaired) electrons. The second-order valence-corrected chi connectivity index (χ2v) is 4.90. The van der Waals surface area contributed by atoms with Crippen LogP contribution in [0.2, 0.25) is 0 Å². The predicted molar refractivity (Wildman–Crippen MR) is 81.8 cm³/mol. The van der Waals surface area contributed by atoms with E-state index in [1.165, 1.54) is 0 Å². The molecule has 1 aromatic heterocycles. The molecule has 0 fully saturated rings. The van der Waals surface area contributed by atoms with Gasteiger partial charge in [-0.05, 0) is 55.5 Å². The number of rotatable bonds is 2. The molecular formula is C17H13N3O2. The van der Waals surface area contributed by atoms with E-state index in [1.54, 1.807) is 53.2 Å². The Balaban J connectivity index is 2.17. The second kappa shape index (κ2) is 5.26. The van der Waals surface area contributed by atoms with Crippen LogP contribution in [-0.4, -0.2) is 20.0 Å². The minimum atomic E-state index is 0.164. The van der Waals surface area contributed by atoms with Crippen LogP contribution in [-0.2, 0) is 0 Å². The van der Waals surface area contributed by atoms with Gasteiger partial charge in [0, 0.05) is 5.56 Å². The standard InChI is InChI=1S/C17H13N3O2/c1-11-16(10-18)17(12-2-6-14(21)7-3-12)19-20(11)13-4-8-15(22)9-5-13/h2-9,21-22H,1H3. The van der Waals surface area contributed by atoms with E-state index in [9.17, 15) is 15.5 Å². The van der Waals surface area contributed by atoms with E-state index in [-0.39, 0.29) is 11.5 Å². The zero-order valence-corrected chi connectivity index (χ0v) is 11.9. The summed E-state index contributed by atoms with van der Waals surface area (Å²) in [5.41, 5.74) is 3.29. The number of aromatic nitrogens is 2. The highest BCUT2D eigenvalue weighted by Crippen LogP contribution is 2.28.